The van der Waals surface area contributed by atoms with Crippen molar-refractivity contribution in [3.63, 3.8) is 0 Å². The molecule has 1 aliphatic rings. The molecule has 0 saturated heterocycles. The van der Waals surface area contributed by atoms with Crippen LogP contribution in [0.3, 0.4) is 0 Å². The van der Waals surface area contributed by atoms with Crippen LogP contribution in [0.15, 0.2) is 29.0 Å². The highest BCUT2D eigenvalue weighted by molar-refractivity contribution is 5.21. The van der Waals surface area contributed by atoms with Crippen LogP contribution < -0.4 is 5.73 Å². The molecule has 82 valence electrons. The standard InChI is InChI=1S/C11H12N4O/c12-9(7-3-5-13-6-4-7)10-14-11(16-15-10)8-1-2-8/h3-6,8-9H,1-2,12H2. The Morgan fingerprint density at radius 1 is 1.31 bits per heavy atom. The Kier molecular flexibility index (Phi) is 2.18. The quantitative estimate of drug-likeness (QED) is 0.838. The van der Waals surface area contributed by atoms with Crippen molar-refractivity contribution in [3.8, 4) is 0 Å². The zero-order chi connectivity index (χ0) is 11.0. The fourth-order valence-corrected chi connectivity index (χ4v) is 1.59. The summed E-state index contributed by atoms with van der Waals surface area (Å²) in [7, 11) is 0. The third-order valence-electron chi connectivity index (χ3n) is 2.73. The molecule has 0 radical (unpaired) electrons. The molecule has 2 aromatic heterocycles. The van der Waals surface area contributed by atoms with E-state index in [0.29, 0.717) is 11.7 Å². The van der Waals surface area contributed by atoms with Crippen LogP contribution in [0.1, 0.15) is 42.1 Å². The highest BCUT2D eigenvalue weighted by Gasteiger charge is 2.30. The summed E-state index contributed by atoms with van der Waals surface area (Å²) in [6.07, 6.45) is 5.70. The normalized spacial score (nSPS) is 17.3. The van der Waals surface area contributed by atoms with E-state index >= 15 is 0 Å². The van der Waals surface area contributed by atoms with E-state index < -0.39 is 0 Å². The average molecular weight is 216 g/mol. The summed E-state index contributed by atoms with van der Waals surface area (Å²) < 4.78 is 5.17. The Labute approximate surface area is 92.7 Å². The Morgan fingerprint density at radius 2 is 2.06 bits per heavy atom. The van der Waals surface area contributed by atoms with Gasteiger partial charge < -0.3 is 10.3 Å². The summed E-state index contributed by atoms with van der Waals surface area (Å²) in [5.41, 5.74) is 6.98. The molecule has 1 aliphatic carbocycles. The summed E-state index contributed by atoms with van der Waals surface area (Å²) in [4.78, 5) is 8.27. The van der Waals surface area contributed by atoms with Crippen molar-refractivity contribution in [2.75, 3.05) is 0 Å². The molecule has 16 heavy (non-hydrogen) atoms. The van der Waals surface area contributed by atoms with Gasteiger partial charge in [-0.05, 0) is 30.5 Å². The van der Waals surface area contributed by atoms with Crippen LogP contribution in [0, 0.1) is 0 Å². The summed E-state index contributed by atoms with van der Waals surface area (Å²) in [5, 5.41) is 3.92. The molecular weight excluding hydrogens is 204 g/mol. The summed E-state index contributed by atoms with van der Waals surface area (Å²) in [6.45, 7) is 0. The van der Waals surface area contributed by atoms with Gasteiger partial charge in [-0.15, -0.1) is 0 Å². The number of pyridine rings is 1. The number of hydrogen-bond acceptors (Lipinski definition) is 5. The van der Waals surface area contributed by atoms with Crippen molar-refractivity contribution in [3.05, 3.63) is 41.8 Å². The minimum absolute atomic E-state index is 0.334. The zero-order valence-corrected chi connectivity index (χ0v) is 8.71. The van der Waals surface area contributed by atoms with E-state index in [0.717, 1.165) is 24.3 Å². The van der Waals surface area contributed by atoms with Gasteiger partial charge in [0.15, 0.2) is 5.82 Å². The van der Waals surface area contributed by atoms with E-state index in [4.69, 9.17) is 10.3 Å². The molecule has 3 rings (SSSR count). The third kappa shape index (κ3) is 1.69. The van der Waals surface area contributed by atoms with Gasteiger partial charge in [0, 0.05) is 18.3 Å². The smallest absolute Gasteiger partial charge is 0.229 e. The van der Waals surface area contributed by atoms with Crippen molar-refractivity contribution in [1.82, 2.24) is 15.1 Å². The van der Waals surface area contributed by atoms with E-state index in [1.807, 2.05) is 12.1 Å². The molecule has 1 fully saturated rings. The van der Waals surface area contributed by atoms with Gasteiger partial charge >= 0.3 is 0 Å². The number of hydrogen-bond donors (Lipinski definition) is 1. The number of rotatable bonds is 3. The van der Waals surface area contributed by atoms with Crippen molar-refractivity contribution in [1.29, 1.82) is 0 Å². The Hall–Kier alpha value is -1.75. The number of aromatic nitrogens is 3. The van der Waals surface area contributed by atoms with Crippen LogP contribution in [0.2, 0.25) is 0 Å². The van der Waals surface area contributed by atoms with Gasteiger partial charge in [-0.25, -0.2) is 0 Å². The molecule has 0 spiro atoms. The maximum atomic E-state index is 6.04. The van der Waals surface area contributed by atoms with E-state index in [9.17, 15) is 0 Å². The lowest BCUT2D eigenvalue weighted by atomic mass is 10.1. The largest absolute Gasteiger partial charge is 0.339 e. The maximum absolute atomic E-state index is 6.04. The third-order valence-corrected chi connectivity index (χ3v) is 2.73. The van der Waals surface area contributed by atoms with Crippen molar-refractivity contribution in [2.24, 2.45) is 5.73 Å². The van der Waals surface area contributed by atoms with Crippen LogP contribution in [0.5, 0.6) is 0 Å². The molecule has 1 unspecified atom stereocenters. The topological polar surface area (TPSA) is 77.8 Å². The average Bonchev–Trinajstić information content (AvgIpc) is 3.08. The fraction of sp³-hybridized carbons (Fsp3) is 0.364. The highest BCUT2D eigenvalue weighted by atomic mass is 16.5. The first-order chi connectivity index (χ1) is 7.84. The first kappa shape index (κ1) is 9.47. The Balaban J connectivity index is 1.85. The fourth-order valence-electron chi connectivity index (χ4n) is 1.59. The van der Waals surface area contributed by atoms with E-state index in [-0.39, 0.29) is 6.04 Å². The molecule has 5 heteroatoms. The molecule has 0 bridgehead atoms. The predicted octanol–water partition coefficient (Wildman–Crippen LogP) is 1.39. The first-order valence-corrected chi connectivity index (χ1v) is 5.33. The maximum Gasteiger partial charge on any atom is 0.229 e. The minimum atomic E-state index is -0.334. The predicted molar refractivity (Wildman–Crippen MR) is 56.5 cm³/mol. The lowest BCUT2D eigenvalue weighted by Gasteiger charge is -2.05. The van der Waals surface area contributed by atoms with Gasteiger partial charge in [-0.2, -0.15) is 4.98 Å². The second kappa shape index (κ2) is 3.68. The molecular formula is C11H12N4O. The number of nitrogens with zero attached hydrogens (tertiary/aromatic N) is 3. The second-order valence-electron chi connectivity index (χ2n) is 4.02. The van der Waals surface area contributed by atoms with Crippen LogP contribution in [0.25, 0.3) is 0 Å². The van der Waals surface area contributed by atoms with Gasteiger partial charge in [0.1, 0.15) is 0 Å². The molecule has 5 nitrogen and oxygen atoms in total. The molecule has 2 heterocycles. The summed E-state index contributed by atoms with van der Waals surface area (Å²) in [5.74, 6) is 1.73. The van der Waals surface area contributed by atoms with Crippen LogP contribution in [0.4, 0.5) is 0 Å². The Bertz CT molecular complexity index is 478. The molecule has 0 aromatic carbocycles. The SMILES string of the molecule is NC(c1ccncc1)c1noc(C2CC2)n1. The van der Waals surface area contributed by atoms with Crippen LogP contribution >= 0.6 is 0 Å². The van der Waals surface area contributed by atoms with Crippen molar-refractivity contribution >= 4 is 0 Å². The lowest BCUT2D eigenvalue weighted by Crippen LogP contribution is -2.13. The van der Waals surface area contributed by atoms with Crippen molar-refractivity contribution in [2.45, 2.75) is 24.8 Å². The highest BCUT2D eigenvalue weighted by Crippen LogP contribution is 2.39. The van der Waals surface area contributed by atoms with Gasteiger partial charge in [-0.3, -0.25) is 4.98 Å². The Morgan fingerprint density at radius 3 is 2.75 bits per heavy atom. The van der Waals surface area contributed by atoms with Gasteiger partial charge in [0.2, 0.25) is 5.89 Å². The molecule has 2 N–H and O–H groups in total. The molecule has 0 aliphatic heterocycles. The van der Waals surface area contributed by atoms with Gasteiger partial charge in [-0.1, -0.05) is 5.16 Å². The minimum Gasteiger partial charge on any atom is -0.339 e. The van der Waals surface area contributed by atoms with E-state index in [2.05, 4.69) is 15.1 Å². The van der Waals surface area contributed by atoms with Gasteiger partial charge in [0.25, 0.3) is 0 Å². The molecule has 1 saturated carbocycles. The van der Waals surface area contributed by atoms with Crippen LogP contribution in [-0.4, -0.2) is 15.1 Å². The van der Waals surface area contributed by atoms with E-state index in [1.54, 1.807) is 12.4 Å². The zero-order valence-electron chi connectivity index (χ0n) is 8.71. The molecule has 0 amide bonds. The second-order valence-corrected chi connectivity index (χ2v) is 4.02. The van der Waals surface area contributed by atoms with Crippen LogP contribution in [-0.2, 0) is 0 Å². The van der Waals surface area contributed by atoms with E-state index in [1.165, 1.54) is 0 Å². The van der Waals surface area contributed by atoms with Gasteiger partial charge in [0.05, 0.1) is 6.04 Å². The summed E-state index contributed by atoms with van der Waals surface area (Å²) >= 11 is 0. The number of nitrogens with two attached hydrogens (primary N) is 1. The molecule has 2 aromatic rings. The molecule has 1 atom stereocenters. The lowest BCUT2D eigenvalue weighted by molar-refractivity contribution is 0.372. The van der Waals surface area contributed by atoms with Crippen molar-refractivity contribution < 1.29 is 4.52 Å². The summed E-state index contributed by atoms with van der Waals surface area (Å²) in [6, 6.07) is 3.38. The monoisotopic (exact) mass is 216 g/mol. The first-order valence-electron chi connectivity index (χ1n) is 5.33.